The minimum absolute atomic E-state index is 0.240. The molecule has 0 aliphatic heterocycles. The highest BCUT2D eigenvalue weighted by Crippen LogP contribution is 2.23. The standard InChI is InChI=1S/C7H5ClN2O2S/c8-7-10-5(3-13-7)4(2-9)1-6(11)12/h3-4H,1H2,(H,11,12). The molecule has 0 spiro atoms. The summed E-state index contributed by atoms with van der Waals surface area (Å²) in [5.41, 5.74) is 0.430. The Hall–Kier alpha value is -1.12. The van der Waals surface area contributed by atoms with E-state index < -0.39 is 11.9 Å². The molecule has 0 aliphatic rings. The SMILES string of the molecule is N#CC(CC(=O)O)c1csc(Cl)n1. The third-order valence-corrected chi connectivity index (χ3v) is 2.38. The Labute approximate surface area is 83.4 Å². The van der Waals surface area contributed by atoms with Crippen LogP contribution >= 0.6 is 22.9 Å². The van der Waals surface area contributed by atoms with Gasteiger partial charge in [0.1, 0.15) is 0 Å². The van der Waals surface area contributed by atoms with Crippen LogP contribution in [0.4, 0.5) is 0 Å². The van der Waals surface area contributed by atoms with E-state index in [9.17, 15) is 4.79 Å². The van der Waals surface area contributed by atoms with Crippen LogP contribution in [0.25, 0.3) is 0 Å². The van der Waals surface area contributed by atoms with Crippen LogP contribution in [0.1, 0.15) is 18.0 Å². The summed E-state index contributed by atoms with van der Waals surface area (Å²) >= 11 is 6.73. The normalized spacial score (nSPS) is 12.0. The number of carboxylic acids is 1. The molecule has 1 aromatic rings. The average molecular weight is 217 g/mol. The summed E-state index contributed by atoms with van der Waals surface area (Å²) in [7, 11) is 0. The van der Waals surface area contributed by atoms with Gasteiger partial charge in [0.25, 0.3) is 0 Å². The van der Waals surface area contributed by atoms with Crippen molar-refractivity contribution in [1.82, 2.24) is 4.98 Å². The first-order chi connectivity index (χ1) is 6.13. The lowest BCUT2D eigenvalue weighted by atomic mass is 10.1. The molecule has 0 saturated heterocycles. The minimum atomic E-state index is -1.02. The van der Waals surface area contributed by atoms with Crippen LogP contribution in [-0.2, 0) is 4.79 Å². The van der Waals surface area contributed by atoms with Gasteiger partial charge in [-0.3, -0.25) is 4.79 Å². The second-order valence-corrected chi connectivity index (χ2v) is 3.75. The third-order valence-electron chi connectivity index (χ3n) is 1.39. The van der Waals surface area contributed by atoms with E-state index in [0.717, 1.165) is 0 Å². The molecule has 0 fully saturated rings. The lowest BCUT2D eigenvalue weighted by Gasteiger charge is -1.99. The zero-order valence-electron chi connectivity index (χ0n) is 6.40. The minimum Gasteiger partial charge on any atom is -0.481 e. The van der Waals surface area contributed by atoms with E-state index in [-0.39, 0.29) is 6.42 Å². The summed E-state index contributed by atoms with van der Waals surface area (Å²) < 4.78 is 0.320. The van der Waals surface area contributed by atoms with E-state index in [1.165, 1.54) is 11.3 Å². The Morgan fingerprint density at radius 3 is 3.00 bits per heavy atom. The third kappa shape index (κ3) is 2.68. The van der Waals surface area contributed by atoms with Crippen molar-refractivity contribution in [3.05, 3.63) is 15.5 Å². The summed E-state index contributed by atoms with van der Waals surface area (Å²) in [6, 6.07) is 1.87. The Morgan fingerprint density at radius 2 is 2.62 bits per heavy atom. The lowest BCUT2D eigenvalue weighted by Crippen LogP contribution is -2.04. The van der Waals surface area contributed by atoms with Gasteiger partial charge in [0.05, 0.1) is 24.1 Å². The number of hydrogen-bond acceptors (Lipinski definition) is 4. The van der Waals surface area contributed by atoms with Crippen molar-refractivity contribution < 1.29 is 9.90 Å². The van der Waals surface area contributed by atoms with Gasteiger partial charge in [-0.15, -0.1) is 11.3 Å². The fraction of sp³-hybridized carbons (Fsp3) is 0.286. The molecule has 1 rings (SSSR count). The molecule has 13 heavy (non-hydrogen) atoms. The smallest absolute Gasteiger partial charge is 0.305 e. The van der Waals surface area contributed by atoms with Crippen LogP contribution in [0.3, 0.4) is 0 Å². The van der Waals surface area contributed by atoms with Crippen LogP contribution < -0.4 is 0 Å². The van der Waals surface area contributed by atoms with Crippen molar-refractivity contribution >= 4 is 28.9 Å². The van der Waals surface area contributed by atoms with Gasteiger partial charge in [-0.2, -0.15) is 5.26 Å². The van der Waals surface area contributed by atoms with Crippen LogP contribution in [-0.4, -0.2) is 16.1 Å². The summed E-state index contributed by atoms with van der Waals surface area (Å²) in [6.45, 7) is 0. The van der Waals surface area contributed by atoms with Crippen molar-refractivity contribution in [1.29, 1.82) is 5.26 Å². The Morgan fingerprint density at radius 1 is 1.92 bits per heavy atom. The van der Waals surface area contributed by atoms with Gasteiger partial charge in [0.15, 0.2) is 4.47 Å². The molecule has 1 N–H and O–H groups in total. The second-order valence-electron chi connectivity index (χ2n) is 2.30. The molecule has 0 aliphatic carbocycles. The van der Waals surface area contributed by atoms with Crippen molar-refractivity contribution in [3.8, 4) is 6.07 Å². The number of hydrogen-bond donors (Lipinski definition) is 1. The van der Waals surface area contributed by atoms with Crippen molar-refractivity contribution in [2.45, 2.75) is 12.3 Å². The fourth-order valence-electron chi connectivity index (χ4n) is 0.814. The van der Waals surface area contributed by atoms with Crippen LogP contribution in [0.2, 0.25) is 4.47 Å². The molecule has 0 bridgehead atoms. The number of rotatable bonds is 3. The number of carbonyl (C=O) groups is 1. The quantitative estimate of drug-likeness (QED) is 0.837. The molecule has 0 saturated carbocycles. The molecule has 1 atom stereocenters. The maximum atomic E-state index is 10.3. The highest BCUT2D eigenvalue weighted by atomic mass is 35.5. The average Bonchev–Trinajstić information content (AvgIpc) is 2.47. The second kappa shape index (κ2) is 4.21. The van der Waals surface area contributed by atoms with E-state index in [1.807, 2.05) is 6.07 Å². The van der Waals surface area contributed by atoms with E-state index in [1.54, 1.807) is 5.38 Å². The zero-order chi connectivity index (χ0) is 9.84. The molecule has 0 aromatic carbocycles. The first-order valence-corrected chi connectivity index (χ1v) is 4.61. The first-order valence-electron chi connectivity index (χ1n) is 3.36. The van der Waals surface area contributed by atoms with E-state index >= 15 is 0 Å². The fourth-order valence-corrected chi connectivity index (χ4v) is 1.64. The number of nitrogens with zero attached hydrogens (tertiary/aromatic N) is 2. The summed E-state index contributed by atoms with van der Waals surface area (Å²) in [4.78, 5) is 14.2. The van der Waals surface area contributed by atoms with Gasteiger partial charge in [-0.1, -0.05) is 11.6 Å². The lowest BCUT2D eigenvalue weighted by molar-refractivity contribution is -0.137. The zero-order valence-corrected chi connectivity index (χ0v) is 7.97. The topological polar surface area (TPSA) is 74.0 Å². The number of carboxylic acid groups (broad SMARTS) is 1. The van der Waals surface area contributed by atoms with E-state index in [4.69, 9.17) is 22.0 Å². The monoisotopic (exact) mass is 216 g/mol. The molecule has 6 heteroatoms. The number of aromatic nitrogens is 1. The van der Waals surface area contributed by atoms with Gasteiger partial charge >= 0.3 is 5.97 Å². The Bertz CT molecular complexity index is 358. The van der Waals surface area contributed by atoms with Crippen molar-refractivity contribution in [3.63, 3.8) is 0 Å². The Balaban J connectivity index is 2.80. The predicted octanol–water partition coefficient (Wildman–Crippen LogP) is 1.88. The van der Waals surface area contributed by atoms with Crippen molar-refractivity contribution in [2.24, 2.45) is 0 Å². The summed E-state index contributed by atoms with van der Waals surface area (Å²) in [5, 5.41) is 18.7. The summed E-state index contributed by atoms with van der Waals surface area (Å²) in [6.07, 6.45) is -0.240. The molecule has 0 amide bonds. The molecule has 1 unspecified atom stereocenters. The molecular formula is C7H5ClN2O2S. The number of nitriles is 1. The summed E-state index contributed by atoms with van der Waals surface area (Å²) in [5.74, 6) is -1.73. The first kappa shape index (κ1) is 9.96. The van der Waals surface area contributed by atoms with Gasteiger partial charge in [0, 0.05) is 5.38 Å². The molecule has 68 valence electrons. The van der Waals surface area contributed by atoms with Crippen LogP contribution in [0.15, 0.2) is 5.38 Å². The highest BCUT2D eigenvalue weighted by Gasteiger charge is 2.17. The van der Waals surface area contributed by atoms with Gasteiger partial charge in [-0.05, 0) is 0 Å². The molecular weight excluding hydrogens is 212 g/mol. The number of aliphatic carboxylic acids is 1. The van der Waals surface area contributed by atoms with Crippen LogP contribution in [0.5, 0.6) is 0 Å². The maximum absolute atomic E-state index is 10.3. The number of halogens is 1. The van der Waals surface area contributed by atoms with Crippen LogP contribution in [0, 0.1) is 11.3 Å². The largest absolute Gasteiger partial charge is 0.481 e. The van der Waals surface area contributed by atoms with Gasteiger partial charge in [0.2, 0.25) is 0 Å². The Kier molecular flexibility index (Phi) is 3.23. The van der Waals surface area contributed by atoms with Crippen molar-refractivity contribution in [2.75, 3.05) is 0 Å². The van der Waals surface area contributed by atoms with Gasteiger partial charge < -0.3 is 5.11 Å². The molecule has 0 radical (unpaired) electrons. The molecule has 4 nitrogen and oxygen atoms in total. The van der Waals surface area contributed by atoms with E-state index in [2.05, 4.69) is 4.98 Å². The maximum Gasteiger partial charge on any atom is 0.305 e. The van der Waals surface area contributed by atoms with Gasteiger partial charge in [-0.25, -0.2) is 4.98 Å². The van der Waals surface area contributed by atoms with E-state index in [0.29, 0.717) is 10.2 Å². The number of thiazole rings is 1. The highest BCUT2D eigenvalue weighted by molar-refractivity contribution is 7.13. The molecule has 1 aromatic heterocycles. The molecule has 1 heterocycles. The predicted molar refractivity (Wildman–Crippen MR) is 47.7 cm³/mol.